The molecule has 0 radical (unpaired) electrons. The SMILES string of the molecule is Cc1nnc(N/N=C/c2ccc(OC(C)C)c(Br)c2)[nH]c1=O. The fourth-order valence-electron chi connectivity index (χ4n) is 1.56. The Morgan fingerprint density at radius 3 is 2.82 bits per heavy atom. The standard InChI is InChI=1S/C14H16BrN5O2/c1-8(2)22-12-5-4-10(6-11(12)15)7-16-19-14-17-13(21)9(3)18-20-14/h4-8H,1-3H3,(H2,17,19,20,21)/b16-7+. The van der Waals surface area contributed by atoms with Crippen LogP contribution >= 0.6 is 15.9 Å². The molecule has 1 aromatic carbocycles. The summed E-state index contributed by atoms with van der Waals surface area (Å²) < 4.78 is 6.47. The van der Waals surface area contributed by atoms with Gasteiger partial charge in [-0.3, -0.25) is 9.78 Å². The van der Waals surface area contributed by atoms with Crippen molar-refractivity contribution in [3.8, 4) is 5.75 Å². The zero-order valence-electron chi connectivity index (χ0n) is 12.4. The maximum absolute atomic E-state index is 11.4. The van der Waals surface area contributed by atoms with Crippen LogP contribution in [0.3, 0.4) is 0 Å². The second kappa shape index (κ2) is 7.17. The lowest BCUT2D eigenvalue weighted by molar-refractivity contribution is 0.241. The van der Waals surface area contributed by atoms with E-state index in [2.05, 4.69) is 41.6 Å². The fourth-order valence-corrected chi connectivity index (χ4v) is 2.05. The van der Waals surface area contributed by atoms with Gasteiger partial charge in [-0.1, -0.05) is 0 Å². The third kappa shape index (κ3) is 4.39. The Hall–Kier alpha value is -2.22. The van der Waals surface area contributed by atoms with E-state index in [1.165, 1.54) is 0 Å². The summed E-state index contributed by atoms with van der Waals surface area (Å²) in [5.41, 5.74) is 3.48. The van der Waals surface area contributed by atoms with E-state index < -0.39 is 0 Å². The summed E-state index contributed by atoms with van der Waals surface area (Å²) in [6.45, 7) is 5.52. The number of benzene rings is 1. The van der Waals surface area contributed by atoms with Crippen LogP contribution in [0.4, 0.5) is 5.95 Å². The van der Waals surface area contributed by atoms with Crippen molar-refractivity contribution in [3.63, 3.8) is 0 Å². The number of nitrogens with zero attached hydrogens (tertiary/aromatic N) is 3. The van der Waals surface area contributed by atoms with Gasteiger partial charge in [0.05, 0.1) is 16.8 Å². The average Bonchev–Trinajstić information content (AvgIpc) is 2.45. The predicted octanol–water partition coefficient (Wildman–Crippen LogP) is 2.47. The van der Waals surface area contributed by atoms with Gasteiger partial charge in [-0.05, 0) is 60.5 Å². The molecular formula is C14H16BrN5O2. The Balaban J connectivity index is 2.05. The molecule has 0 aliphatic rings. The number of halogens is 1. The number of H-pyrrole nitrogens is 1. The number of rotatable bonds is 5. The minimum atomic E-state index is -0.300. The van der Waals surface area contributed by atoms with E-state index in [0.717, 1.165) is 15.8 Å². The number of aromatic nitrogens is 3. The summed E-state index contributed by atoms with van der Waals surface area (Å²) in [5, 5.41) is 11.5. The summed E-state index contributed by atoms with van der Waals surface area (Å²) in [4.78, 5) is 13.9. The Labute approximate surface area is 135 Å². The van der Waals surface area contributed by atoms with Crippen LogP contribution in [-0.4, -0.2) is 27.5 Å². The Bertz CT molecular complexity index is 742. The zero-order valence-corrected chi connectivity index (χ0v) is 14.0. The van der Waals surface area contributed by atoms with Crippen LogP contribution in [0.25, 0.3) is 0 Å². The van der Waals surface area contributed by atoms with E-state index in [4.69, 9.17) is 4.74 Å². The summed E-state index contributed by atoms with van der Waals surface area (Å²) in [6.07, 6.45) is 1.71. The lowest BCUT2D eigenvalue weighted by atomic mass is 10.2. The van der Waals surface area contributed by atoms with Crippen LogP contribution in [0.1, 0.15) is 25.1 Å². The van der Waals surface area contributed by atoms with Gasteiger partial charge in [0.1, 0.15) is 11.4 Å². The second-order valence-electron chi connectivity index (χ2n) is 4.81. The van der Waals surface area contributed by atoms with Crippen molar-refractivity contribution in [2.45, 2.75) is 26.9 Å². The fraction of sp³-hybridized carbons (Fsp3) is 0.286. The van der Waals surface area contributed by atoms with Crippen molar-refractivity contribution in [1.82, 2.24) is 15.2 Å². The molecule has 1 heterocycles. The summed E-state index contributed by atoms with van der Waals surface area (Å²) in [7, 11) is 0. The normalized spacial score (nSPS) is 11.1. The third-order valence-electron chi connectivity index (χ3n) is 2.56. The van der Waals surface area contributed by atoms with E-state index in [0.29, 0.717) is 5.69 Å². The predicted molar refractivity (Wildman–Crippen MR) is 88.5 cm³/mol. The first-order valence-electron chi connectivity index (χ1n) is 6.64. The molecular weight excluding hydrogens is 350 g/mol. The molecule has 0 saturated carbocycles. The molecule has 0 fully saturated rings. The Morgan fingerprint density at radius 1 is 1.41 bits per heavy atom. The number of hydrazone groups is 1. The number of nitrogens with one attached hydrogen (secondary N) is 2. The van der Waals surface area contributed by atoms with Gasteiger partial charge in [0.2, 0.25) is 5.95 Å². The molecule has 0 saturated heterocycles. The molecule has 2 N–H and O–H groups in total. The van der Waals surface area contributed by atoms with Gasteiger partial charge in [0.25, 0.3) is 5.56 Å². The lowest BCUT2D eigenvalue weighted by Gasteiger charge is -2.11. The lowest BCUT2D eigenvalue weighted by Crippen LogP contribution is -2.15. The van der Waals surface area contributed by atoms with Gasteiger partial charge >= 0.3 is 0 Å². The van der Waals surface area contributed by atoms with Gasteiger partial charge in [-0.2, -0.15) is 5.10 Å². The molecule has 116 valence electrons. The number of anilines is 1. The first-order valence-corrected chi connectivity index (χ1v) is 7.44. The summed E-state index contributed by atoms with van der Waals surface area (Å²) >= 11 is 3.45. The second-order valence-corrected chi connectivity index (χ2v) is 5.67. The number of hydrogen-bond donors (Lipinski definition) is 2. The molecule has 8 heteroatoms. The van der Waals surface area contributed by atoms with Gasteiger partial charge in [0.15, 0.2) is 0 Å². The zero-order chi connectivity index (χ0) is 16.1. The average molecular weight is 366 g/mol. The molecule has 0 atom stereocenters. The monoisotopic (exact) mass is 365 g/mol. The number of aryl methyl sites for hydroxylation is 1. The van der Waals surface area contributed by atoms with Crippen molar-refractivity contribution in [1.29, 1.82) is 0 Å². The molecule has 0 spiro atoms. The van der Waals surface area contributed by atoms with Crippen LogP contribution in [-0.2, 0) is 0 Å². The third-order valence-corrected chi connectivity index (χ3v) is 3.18. The molecule has 2 rings (SSSR count). The Kier molecular flexibility index (Phi) is 5.26. The molecule has 0 aliphatic carbocycles. The maximum atomic E-state index is 11.4. The molecule has 0 bridgehead atoms. The first kappa shape index (κ1) is 16.2. The van der Waals surface area contributed by atoms with Crippen LogP contribution in [0.2, 0.25) is 0 Å². The maximum Gasteiger partial charge on any atom is 0.274 e. The summed E-state index contributed by atoms with van der Waals surface area (Å²) in [5.74, 6) is 0.958. The van der Waals surface area contributed by atoms with Crippen molar-refractivity contribution in [2.24, 2.45) is 5.10 Å². The molecule has 22 heavy (non-hydrogen) atoms. The number of hydrogen-bond acceptors (Lipinski definition) is 6. The van der Waals surface area contributed by atoms with Crippen molar-refractivity contribution in [3.05, 3.63) is 44.3 Å². The molecule has 0 unspecified atom stereocenters. The van der Waals surface area contributed by atoms with Crippen molar-refractivity contribution < 1.29 is 4.74 Å². The smallest absolute Gasteiger partial charge is 0.274 e. The highest BCUT2D eigenvalue weighted by Gasteiger charge is 2.04. The topological polar surface area (TPSA) is 92.3 Å². The van der Waals surface area contributed by atoms with Crippen LogP contribution in [0, 0.1) is 6.92 Å². The van der Waals surface area contributed by atoms with Crippen LogP contribution in [0.15, 0.2) is 32.6 Å². The Morgan fingerprint density at radius 2 is 2.18 bits per heavy atom. The molecule has 7 nitrogen and oxygen atoms in total. The van der Waals surface area contributed by atoms with E-state index in [9.17, 15) is 4.79 Å². The van der Waals surface area contributed by atoms with Crippen LogP contribution in [0.5, 0.6) is 5.75 Å². The minimum absolute atomic E-state index is 0.106. The summed E-state index contributed by atoms with van der Waals surface area (Å²) in [6, 6.07) is 5.61. The van der Waals surface area contributed by atoms with E-state index in [1.54, 1.807) is 13.1 Å². The van der Waals surface area contributed by atoms with Gasteiger partial charge in [0, 0.05) is 0 Å². The molecule has 2 aromatic rings. The number of aromatic amines is 1. The largest absolute Gasteiger partial charge is 0.490 e. The molecule has 0 amide bonds. The van der Waals surface area contributed by atoms with Gasteiger partial charge in [-0.15, -0.1) is 10.2 Å². The van der Waals surface area contributed by atoms with Crippen molar-refractivity contribution >= 4 is 28.1 Å². The first-order chi connectivity index (χ1) is 10.5. The van der Waals surface area contributed by atoms with Crippen LogP contribution < -0.4 is 15.7 Å². The molecule has 0 aliphatic heterocycles. The highest BCUT2D eigenvalue weighted by atomic mass is 79.9. The highest BCUT2D eigenvalue weighted by Crippen LogP contribution is 2.26. The van der Waals surface area contributed by atoms with Crippen molar-refractivity contribution in [2.75, 3.05) is 5.43 Å². The minimum Gasteiger partial charge on any atom is -0.490 e. The van der Waals surface area contributed by atoms with E-state index in [-0.39, 0.29) is 17.6 Å². The van der Waals surface area contributed by atoms with E-state index >= 15 is 0 Å². The van der Waals surface area contributed by atoms with Gasteiger partial charge in [-0.25, -0.2) is 5.43 Å². The number of ether oxygens (including phenoxy) is 1. The van der Waals surface area contributed by atoms with Gasteiger partial charge < -0.3 is 4.74 Å². The highest BCUT2D eigenvalue weighted by molar-refractivity contribution is 9.10. The molecule has 1 aromatic heterocycles. The quantitative estimate of drug-likeness (QED) is 0.627. The van der Waals surface area contributed by atoms with E-state index in [1.807, 2.05) is 32.0 Å².